The number of sulfone groups is 1. The number of hydrogen-bond acceptors (Lipinski definition) is 6. The first-order chi connectivity index (χ1) is 6.65. The van der Waals surface area contributed by atoms with E-state index in [1.54, 1.807) is 0 Å². The first kappa shape index (κ1) is 12.9. The number of hydrogen-bond donors (Lipinski definition) is 0. The monoisotopic (exact) mass is 289 g/mol. The van der Waals surface area contributed by atoms with Crippen molar-refractivity contribution in [3.63, 3.8) is 0 Å². The second kappa shape index (κ2) is 4.00. The van der Waals surface area contributed by atoms with Crippen molar-refractivity contribution in [3.8, 4) is 0 Å². The predicted octanol–water partition coefficient (Wildman–Crippen LogP) is 1.25. The summed E-state index contributed by atoms with van der Waals surface area (Å²) in [7, 11) is -2.47. The zero-order chi connectivity index (χ0) is 11.9. The fourth-order valence-corrected chi connectivity index (χ4v) is 4.33. The molecule has 0 aliphatic heterocycles. The van der Waals surface area contributed by atoms with Crippen LogP contribution >= 0.6 is 22.0 Å². The number of nitrogens with zero attached hydrogens (tertiary/aromatic N) is 1. The number of rotatable bonds is 3. The lowest BCUT2D eigenvalue weighted by atomic mass is 10.6. The van der Waals surface area contributed by atoms with Crippen LogP contribution < -0.4 is 0 Å². The minimum atomic E-state index is -3.96. The van der Waals surface area contributed by atoms with Crippen LogP contribution in [0.1, 0.15) is 13.8 Å². The molecule has 0 saturated carbocycles. The summed E-state index contributed by atoms with van der Waals surface area (Å²) in [6.45, 7) is 2.98. The summed E-state index contributed by atoms with van der Waals surface area (Å²) in [5, 5.41) is 0.0420. The fraction of sp³-hybridized carbons (Fsp3) is 0.500. The van der Waals surface area contributed by atoms with Gasteiger partial charge in [-0.2, -0.15) is 0 Å². The summed E-state index contributed by atoms with van der Waals surface area (Å²) in [4.78, 5) is 3.49. The van der Waals surface area contributed by atoms with Gasteiger partial charge in [-0.05, 0) is 13.8 Å². The van der Waals surface area contributed by atoms with E-state index in [0.717, 1.165) is 16.7 Å². The van der Waals surface area contributed by atoms with Crippen molar-refractivity contribution < 1.29 is 16.8 Å². The highest BCUT2D eigenvalue weighted by molar-refractivity contribution is 8.13. The van der Waals surface area contributed by atoms with Crippen LogP contribution in [0.25, 0.3) is 0 Å². The van der Waals surface area contributed by atoms with Crippen molar-refractivity contribution in [1.82, 2.24) is 4.98 Å². The quantitative estimate of drug-likeness (QED) is 0.782. The van der Waals surface area contributed by atoms with Gasteiger partial charge < -0.3 is 0 Å². The van der Waals surface area contributed by atoms with Crippen molar-refractivity contribution >= 4 is 40.9 Å². The molecule has 0 aliphatic carbocycles. The molecule has 0 unspecified atom stereocenters. The largest absolute Gasteiger partial charge is 0.279 e. The van der Waals surface area contributed by atoms with Crippen molar-refractivity contribution in [2.45, 2.75) is 28.5 Å². The molecule has 0 aliphatic rings. The van der Waals surface area contributed by atoms with Gasteiger partial charge in [0.05, 0.1) is 5.25 Å². The van der Waals surface area contributed by atoms with Gasteiger partial charge in [0.1, 0.15) is 0 Å². The summed E-state index contributed by atoms with van der Waals surface area (Å²) < 4.78 is 44.7. The van der Waals surface area contributed by atoms with Gasteiger partial charge in [-0.15, -0.1) is 11.3 Å². The van der Waals surface area contributed by atoms with E-state index in [1.165, 1.54) is 13.8 Å². The Morgan fingerprint density at radius 2 is 1.87 bits per heavy atom. The lowest BCUT2D eigenvalue weighted by Gasteiger charge is -2.02. The summed E-state index contributed by atoms with van der Waals surface area (Å²) >= 11 is 0.749. The van der Waals surface area contributed by atoms with E-state index in [9.17, 15) is 16.8 Å². The Morgan fingerprint density at radius 1 is 1.33 bits per heavy atom. The molecule has 0 spiro atoms. The summed E-state index contributed by atoms with van der Waals surface area (Å²) in [6, 6.07) is 0. The Balaban J connectivity index is 3.28. The molecule has 5 nitrogen and oxygen atoms in total. The number of aromatic nitrogens is 1. The summed E-state index contributed by atoms with van der Waals surface area (Å²) in [5.74, 6) is 0. The van der Waals surface area contributed by atoms with Crippen molar-refractivity contribution in [1.29, 1.82) is 0 Å². The minimum Gasteiger partial charge on any atom is -0.221 e. The Kier molecular flexibility index (Phi) is 3.44. The van der Waals surface area contributed by atoms with Gasteiger partial charge in [-0.25, -0.2) is 21.8 Å². The third-order valence-corrected chi connectivity index (χ3v) is 6.35. The maximum Gasteiger partial charge on any atom is 0.279 e. The molecule has 0 atom stereocenters. The first-order valence-corrected chi connectivity index (χ1v) is 8.53. The van der Waals surface area contributed by atoms with Crippen molar-refractivity contribution in [2.24, 2.45) is 0 Å². The third kappa shape index (κ3) is 2.68. The van der Waals surface area contributed by atoms with Crippen LogP contribution in [-0.2, 0) is 18.9 Å². The van der Waals surface area contributed by atoms with Crippen LogP contribution in [0.5, 0.6) is 0 Å². The van der Waals surface area contributed by atoms with Gasteiger partial charge in [0.15, 0.2) is 5.03 Å². The fourth-order valence-electron chi connectivity index (χ4n) is 0.688. The lowest BCUT2D eigenvalue weighted by molar-refractivity contribution is 0.585. The predicted molar refractivity (Wildman–Crippen MR) is 57.5 cm³/mol. The molecule has 9 heteroatoms. The summed E-state index contributed by atoms with van der Waals surface area (Å²) in [6.07, 6.45) is 0. The van der Waals surface area contributed by atoms with Gasteiger partial charge >= 0.3 is 0 Å². The van der Waals surface area contributed by atoms with Gasteiger partial charge in [0.25, 0.3) is 9.05 Å². The topological polar surface area (TPSA) is 81.2 Å². The molecule has 86 valence electrons. The van der Waals surface area contributed by atoms with Crippen LogP contribution in [-0.4, -0.2) is 27.1 Å². The molecule has 1 rings (SSSR count). The molecule has 1 aromatic heterocycles. The highest BCUT2D eigenvalue weighted by Crippen LogP contribution is 2.24. The van der Waals surface area contributed by atoms with Crippen molar-refractivity contribution in [3.05, 3.63) is 5.38 Å². The maximum atomic E-state index is 11.6. The Hall–Kier alpha value is -0.180. The zero-order valence-corrected chi connectivity index (χ0v) is 11.0. The molecule has 0 saturated heterocycles. The smallest absolute Gasteiger partial charge is 0.221 e. The standard InChI is InChI=1S/C6H8ClNO4S3/c1-4(2)14(9,10)6-8-5(3-13-6)15(7,11)12/h3-4H,1-2H3. The summed E-state index contributed by atoms with van der Waals surface area (Å²) in [5.41, 5.74) is 0. The van der Waals surface area contributed by atoms with Crippen LogP contribution in [0.4, 0.5) is 0 Å². The lowest BCUT2D eigenvalue weighted by Crippen LogP contribution is -2.13. The van der Waals surface area contributed by atoms with Crippen LogP contribution in [0.15, 0.2) is 14.7 Å². The molecule has 0 N–H and O–H groups in total. The highest BCUT2D eigenvalue weighted by atomic mass is 35.7. The van der Waals surface area contributed by atoms with Gasteiger partial charge in [-0.3, -0.25) is 0 Å². The SMILES string of the molecule is CC(C)S(=O)(=O)c1nc(S(=O)(=O)Cl)cs1. The molecular formula is C6H8ClNO4S3. The minimum absolute atomic E-state index is 0.225. The second-order valence-electron chi connectivity index (χ2n) is 2.98. The van der Waals surface area contributed by atoms with Crippen LogP contribution in [0, 0.1) is 0 Å². The average molecular weight is 290 g/mol. The van der Waals surface area contributed by atoms with Gasteiger partial charge in [0.2, 0.25) is 14.2 Å². The molecule has 1 aromatic rings. The Morgan fingerprint density at radius 3 is 2.20 bits per heavy atom. The molecule has 0 aromatic carbocycles. The van der Waals surface area contributed by atoms with Gasteiger partial charge in [-0.1, -0.05) is 0 Å². The van der Waals surface area contributed by atoms with E-state index in [-0.39, 0.29) is 4.34 Å². The van der Waals surface area contributed by atoms with E-state index in [1.807, 2.05) is 0 Å². The normalized spacial score (nSPS) is 13.3. The third-order valence-electron chi connectivity index (χ3n) is 1.58. The molecular weight excluding hydrogens is 282 g/mol. The maximum absolute atomic E-state index is 11.6. The molecule has 0 bridgehead atoms. The van der Waals surface area contributed by atoms with Crippen LogP contribution in [0.3, 0.4) is 0 Å². The van der Waals surface area contributed by atoms with E-state index in [0.29, 0.717) is 0 Å². The molecule has 1 heterocycles. The molecule has 0 amide bonds. The second-order valence-corrected chi connectivity index (χ2v) is 9.03. The molecule has 0 fully saturated rings. The van der Waals surface area contributed by atoms with E-state index >= 15 is 0 Å². The first-order valence-electron chi connectivity index (χ1n) is 3.80. The average Bonchev–Trinajstić information content (AvgIpc) is 2.50. The number of halogens is 1. The Bertz CT molecular complexity index is 557. The van der Waals surface area contributed by atoms with Crippen molar-refractivity contribution in [2.75, 3.05) is 0 Å². The molecule has 15 heavy (non-hydrogen) atoms. The van der Waals surface area contributed by atoms with E-state index < -0.39 is 29.2 Å². The number of thiazole rings is 1. The van der Waals surface area contributed by atoms with E-state index in [4.69, 9.17) is 10.7 Å². The van der Waals surface area contributed by atoms with E-state index in [2.05, 4.69) is 4.98 Å². The molecule has 0 radical (unpaired) electrons. The Labute approximate surface area is 96.4 Å². The van der Waals surface area contributed by atoms with Gasteiger partial charge in [0, 0.05) is 16.1 Å². The zero-order valence-electron chi connectivity index (χ0n) is 7.84. The van der Waals surface area contributed by atoms with Crippen LogP contribution in [0.2, 0.25) is 0 Å². The highest BCUT2D eigenvalue weighted by Gasteiger charge is 2.25.